The van der Waals surface area contributed by atoms with Gasteiger partial charge in [-0.25, -0.2) is 0 Å². The molecule has 0 aromatic heterocycles. The largest absolute Gasteiger partial charge is 0.352 e. The van der Waals surface area contributed by atoms with Gasteiger partial charge >= 0.3 is 0 Å². The first kappa shape index (κ1) is 57.1. The summed E-state index contributed by atoms with van der Waals surface area (Å²) in [6.07, 6.45) is 10.6. The molecular formula is C58H80N10O8. The van der Waals surface area contributed by atoms with Crippen molar-refractivity contribution in [3.63, 3.8) is 0 Å². The molecule has 2 heterocycles. The number of amides is 8. The summed E-state index contributed by atoms with van der Waals surface area (Å²) < 4.78 is 0. The second kappa shape index (κ2) is 27.9. The molecule has 18 heteroatoms. The van der Waals surface area contributed by atoms with E-state index in [1.54, 1.807) is 55.9 Å². The van der Waals surface area contributed by atoms with E-state index in [9.17, 15) is 38.4 Å². The van der Waals surface area contributed by atoms with Crippen LogP contribution in [0.4, 0.5) is 0 Å². The minimum atomic E-state index is -0.858. The highest BCUT2D eigenvalue weighted by atomic mass is 16.2. The second-order valence-corrected chi connectivity index (χ2v) is 20.9. The lowest BCUT2D eigenvalue weighted by molar-refractivity contribution is -0.142. The Morgan fingerprint density at radius 3 is 1.37 bits per heavy atom. The number of carbonyl (C=O) groups excluding carboxylic acids is 8. The molecule has 2 saturated heterocycles. The van der Waals surface area contributed by atoms with Gasteiger partial charge in [-0.2, -0.15) is 0 Å². The van der Waals surface area contributed by atoms with Crippen molar-refractivity contribution >= 4 is 47.3 Å². The number of aryl methyl sites for hydroxylation is 2. The van der Waals surface area contributed by atoms with Crippen LogP contribution < -0.4 is 42.5 Å². The minimum Gasteiger partial charge on any atom is -0.352 e. The molecule has 8 atom stereocenters. The van der Waals surface area contributed by atoms with E-state index in [2.05, 4.69) is 66.8 Å². The molecule has 8 N–H and O–H groups in total. The van der Waals surface area contributed by atoms with E-state index < -0.39 is 36.3 Å². The monoisotopic (exact) mass is 1040 g/mol. The van der Waals surface area contributed by atoms with Gasteiger partial charge in [-0.15, -0.1) is 0 Å². The van der Waals surface area contributed by atoms with Crippen LogP contribution in [-0.2, 0) is 41.6 Å². The zero-order chi connectivity index (χ0) is 54.1. The molecule has 3 aromatic carbocycles. The SMILES string of the molecule is CN[C@@H](C)C(=O)N[C@H](CCCCNC(=O)c1cccc(C(=O)NCCCC[C@H](NC(=O)[C@@H](C)NC)C(=O)N2CCC[C@@H]2C(=O)N[C@@H]2CCCc3ccccc32)c1)C(=O)N1CCC[C@H]1C(=O)N[C@H]1CCCc2ccccc21. The van der Waals surface area contributed by atoms with Gasteiger partial charge in [0.15, 0.2) is 0 Å². The smallest absolute Gasteiger partial charge is 0.251 e. The highest BCUT2D eigenvalue weighted by Crippen LogP contribution is 2.32. The first-order valence-electron chi connectivity index (χ1n) is 27.8. The molecule has 2 fully saturated rings. The van der Waals surface area contributed by atoms with E-state index in [0.29, 0.717) is 88.4 Å². The quantitative estimate of drug-likeness (QED) is 0.0600. The Labute approximate surface area is 447 Å². The average Bonchev–Trinajstić information content (AvgIpc) is 4.16. The van der Waals surface area contributed by atoms with E-state index in [4.69, 9.17) is 0 Å². The standard InChI is InChI=1S/C58H80N10O8/c1-37(59-3)51(69)65-47(57(75)67-34-16-30-49(67)55(73)63-45-28-14-20-39-18-5-7-24-43(39)45)26-9-11-32-61-53(71)41-22-13-23-42(36-41)54(72)62-33-12-10-27-48(66-52(70)38(2)60-4)58(76)68-35-17-31-50(68)56(74)64-46-29-15-21-40-19-6-8-25-44(40)46/h5-8,13,18-19,22-25,36-38,45-50,59-60H,9-12,14-17,20-21,26-35H2,1-4H3,(H,61,71)(H,62,72)(H,63,73)(H,64,74)(H,65,69)(H,66,70)/t37-,38+,45-,46+,47+,48-,49-,50+. The Morgan fingerprint density at radius 1 is 0.526 bits per heavy atom. The molecule has 7 rings (SSSR count). The Hall–Kier alpha value is -6.66. The molecule has 0 radical (unpaired) electrons. The van der Waals surface area contributed by atoms with Gasteiger partial charge in [0.2, 0.25) is 35.4 Å². The predicted octanol–water partition coefficient (Wildman–Crippen LogP) is 4.04. The number of fused-ring (bicyclic) bond motifs is 2. The van der Waals surface area contributed by atoms with Crippen LogP contribution in [0.3, 0.4) is 0 Å². The van der Waals surface area contributed by atoms with E-state index in [1.165, 1.54) is 17.2 Å². The number of likely N-dealkylation sites (N-methyl/N-ethyl adjacent to an activating group) is 2. The fraction of sp³-hybridized carbons (Fsp3) is 0.552. The van der Waals surface area contributed by atoms with Gasteiger partial charge in [-0.1, -0.05) is 54.6 Å². The minimum absolute atomic E-state index is 0.114. The molecule has 3 aromatic rings. The zero-order valence-electron chi connectivity index (χ0n) is 44.8. The van der Waals surface area contributed by atoms with Gasteiger partial charge < -0.3 is 52.3 Å². The molecule has 4 aliphatic rings. The van der Waals surface area contributed by atoms with Crippen LogP contribution in [0.1, 0.15) is 159 Å². The number of likely N-dealkylation sites (tertiary alicyclic amines) is 2. The van der Waals surface area contributed by atoms with Gasteiger partial charge in [-0.3, -0.25) is 38.4 Å². The van der Waals surface area contributed by atoms with E-state index in [0.717, 1.165) is 49.7 Å². The fourth-order valence-electron chi connectivity index (χ4n) is 11.1. The predicted molar refractivity (Wildman–Crippen MR) is 290 cm³/mol. The first-order chi connectivity index (χ1) is 36.8. The van der Waals surface area contributed by atoms with Crippen molar-refractivity contribution in [3.8, 4) is 0 Å². The molecule has 0 unspecified atom stereocenters. The Kier molecular flexibility index (Phi) is 21.0. The maximum Gasteiger partial charge on any atom is 0.251 e. The van der Waals surface area contributed by atoms with Crippen molar-refractivity contribution in [2.75, 3.05) is 40.3 Å². The molecule has 2 aliphatic heterocycles. The van der Waals surface area contributed by atoms with Crippen molar-refractivity contribution in [2.45, 2.75) is 165 Å². The van der Waals surface area contributed by atoms with Crippen molar-refractivity contribution in [3.05, 3.63) is 106 Å². The molecule has 410 valence electrons. The highest BCUT2D eigenvalue weighted by Gasteiger charge is 2.41. The maximum atomic E-state index is 14.2. The van der Waals surface area contributed by atoms with Crippen molar-refractivity contribution in [1.82, 2.24) is 52.3 Å². The molecule has 0 bridgehead atoms. The van der Waals surface area contributed by atoms with E-state index in [1.807, 2.05) is 24.3 Å². The normalized spacial score (nSPS) is 20.4. The molecule has 76 heavy (non-hydrogen) atoms. The van der Waals surface area contributed by atoms with Crippen molar-refractivity contribution < 1.29 is 38.4 Å². The lowest BCUT2D eigenvalue weighted by Gasteiger charge is -2.32. The molecule has 0 spiro atoms. The average molecular weight is 1050 g/mol. The lowest BCUT2D eigenvalue weighted by Crippen LogP contribution is -2.55. The summed E-state index contributed by atoms with van der Waals surface area (Å²) in [6.45, 7) is 4.83. The molecule has 2 aliphatic carbocycles. The fourth-order valence-corrected chi connectivity index (χ4v) is 11.1. The zero-order valence-corrected chi connectivity index (χ0v) is 44.8. The van der Waals surface area contributed by atoms with Crippen LogP contribution in [0.15, 0.2) is 72.8 Å². The maximum absolute atomic E-state index is 14.2. The van der Waals surface area contributed by atoms with Crippen LogP contribution in [0, 0.1) is 0 Å². The summed E-state index contributed by atoms with van der Waals surface area (Å²) in [5.74, 6) is -2.34. The van der Waals surface area contributed by atoms with Gasteiger partial charge in [0, 0.05) is 37.3 Å². The van der Waals surface area contributed by atoms with Crippen LogP contribution >= 0.6 is 0 Å². The lowest BCUT2D eigenvalue weighted by atomic mass is 9.87. The number of hydrogen-bond acceptors (Lipinski definition) is 10. The van der Waals surface area contributed by atoms with Gasteiger partial charge in [-0.05, 0) is 171 Å². The van der Waals surface area contributed by atoms with Crippen molar-refractivity contribution in [2.24, 2.45) is 0 Å². The first-order valence-corrected chi connectivity index (χ1v) is 27.8. The Bertz CT molecular complexity index is 2370. The molecular weight excluding hydrogens is 965 g/mol. The highest BCUT2D eigenvalue weighted by molar-refractivity contribution is 6.00. The number of nitrogens with one attached hydrogen (secondary N) is 8. The third-order valence-corrected chi connectivity index (χ3v) is 15.7. The molecule has 18 nitrogen and oxygen atoms in total. The van der Waals surface area contributed by atoms with Crippen LogP contribution in [0.25, 0.3) is 0 Å². The number of hydrogen-bond donors (Lipinski definition) is 8. The Balaban J connectivity index is 0.862. The van der Waals surface area contributed by atoms with Gasteiger partial charge in [0.25, 0.3) is 11.8 Å². The number of unbranched alkanes of at least 4 members (excludes halogenated alkanes) is 2. The topological polar surface area (TPSA) is 239 Å². The van der Waals surface area contributed by atoms with E-state index >= 15 is 0 Å². The van der Waals surface area contributed by atoms with Crippen LogP contribution in [0.2, 0.25) is 0 Å². The van der Waals surface area contributed by atoms with Crippen LogP contribution in [0.5, 0.6) is 0 Å². The summed E-state index contributed by atoms with van der Waals surface area (Å²) in [5, 5.41) is 23.9. The second-order valence-electron chi connectivity index (χ2n) is 20.9. The summed E-state index contributed by atoms with van der Waals surface area (Å²) in [6, 6.07) is 18.4. The van der Waals surface area contributed by atoms with Crippen LogP contribution in [-0.4, -0.2) is 134 Å². The van der Waals surface area contributed by atoms with Crippen molar-refractivity contribution in [1.29, 1.82) is 0 Å². The summed E-state index contributed by atoms with van der Waals surface area (Å²) in [7, 11) is 3.34. The third-order valence-electron chi connectivity index (χ3n) is 15.7. The summed E-state index contributed by atoms with van der Waals surface area (Å²) >= 11 is 0. The summed E-state index contributed by atoms with van der Waals surface area (Å²) in [4.78, 5) is 112. The molecule has 0 saturated carbocycles. The summed E-state index contributed by atoms with van der Waals surface area (Å²) in [5.41, 5.74) is 5.31. The molecule has 8 amide bonds. The number of nitrogens with zero attached hydrogens (tertiary/aromatic N) is 2. The number of rotatable bonds is 24. The third kappa shape index (κ3) is 14.8. The van der Waals surface area contributed by atoms with Gasteiger partial charge in [0.1, 0.15) is 24.2 Å². The Morgan fingerprint density at radius 2 is 0.947 bits per heavy atom. The van der Waals surface area contributed by atoms with Gasteiger partial charge in [0.05, 0.1) is 24.2 Å². The number of benzene rings is 3. The number of carbonyl (C=O) groups is 8. The van der Waals surface area contributed by atoms with E-state index in [-0.39, 0.29) is 72.4 Å².